The lowest BCUT2D eigenvalue weighted by Crippen LogP contribution is -2.47. The number of nitrogens with zero attached hydrogens (tertiary/aromatic N) is 4. The van der Waals surface area contributed by atoms with Crippen molar-refractivity contribution in [2.75, 3.05) is 27.2 Å². The second-order valence-electron chi connectivity index (χ2n) is 6.39. The molecule has 1 aromatic carbocycles. The second-order valence-corrected chi connectivity index (χ2v) is 6.39. The molecule has 0 aliphatic carbocycles. The fraction of sp³-hybridized carbons (Fsp3) is 0.444. The number of likely N-dealkylation sites (tertiary alicyclic amines) is 1. The van der Waals surface area contributed by atoms with E-state index >= 15 is 0 Å². The summed E-state index contributed by atoms with van der Waals surface area (Å²) in [6.45, 7) is 4.02. The van der Waals surface area contributed by atoms with Crippen LogP contribution >= 0.6 is 0 Å². The van der Waals surface area contributed by atoms with Crippen LogP contribution in [0.4, 0.5) is 0 Å². The van der Waals surface area contributed by atoms with Crippen molar-refractivity contribution in [1.29, 1.82) is 0 Å². The number of aryl methyl sites for hydroxylation is 1. The zero-order chi connectivity index (χ0) is 16.4. The van der Waals surface area contributed by atoms with Crippen LogP contribution in [0.1, 0.15) is 29.0 Å². The zero-order valence-electron chi connectivity index (χ0n) is 14.1. The van der Waals surface area contributed by atoms with E-state index in [-0.39, 0.29) is 11.9 Å². The average molecular weight is 312 g/mol. The molecule has 0 N–H and O–H groups in total. The first kappa shape index (κ1) is 15.7. The van der Waals surface area contributed by atoms with Gasteiger partial charge in [0, 0.05) is 25.3 Å². The van der Waals surface area contributed by atoms with Crippen LogP contribution in [0.25, 0.3) is 5.69 Å². The minimum Gasteiger partial charge on any atom is -0.336 e. The van der Waals surface area contributed by atoms with Gasteiger partial charge in [-0.1, -0.05) is 18.2 Å². The maximum absolute atomic E-state index is 12.8. The highest BCUT2D eigenvalue weighted by Crippen LogP contribution is 2.17. The lowest BCUT2D eigenvalue weighted by atomic mass is 10.0. The van der Waals surface area contributed by atoms with Crippen LogP contribution in [0, 0.1) is 6.92 Å². The number of rotatable bonds is 3. The van der Waals surface area contributed by atoms with Gasteiger partial charge < -0.3 is 9.80 Å². The molecule has 1 amide bonds. The minimum absolute atomic E-state index is 0.00285. The van der Waals surface area contributed by atoms with Gasteiger partial charge in [0.1, 0.15) is 0 Å². The highest BCUT2D eigenvalue weighted by molar-refractivity contribution is 5.92. The van der Waals surface area contributed by atoms with Gasteiger partial charge in [0.25, 0.3) is 5.91 Å². The van der Waals surface area contributed by atoms with Gasteiger partial charge >= 0.3 is 0 Å². The molecule has 0 radical (unpaired) electrons. The number of aromatic nitrogens is 2. The third-order valence-electron chi connectivity index (χ3n) is 4.57. The van der Waals surface area contributed by atoms with Crippen molar-refractivity contribution >= 4 is 5.91 Å². The Balaban J connectivity index is 1.80. The van der Waals surface area contributed by atoms with E-state index in [1.807, 2.05) is 60.0 Å². The fourth-order valence-corrected chi connectivity index (χ4v) is 3.21. The average Bonchev–Trinajstić information content (AvgIpc) is 2.96. The number of para-hydroxylation sites is 1. The highest BCUT2D eigenvalue weighted by Gasteiger charge is 2.26. The molecule has 1 saturated heterocycles. The summed E-state index contributed by atoms with van der Waals surface area (Å²) in [4.78, 5) is 16.9. The molecule has 0 bridgehead atoms. The number of piperidine rings is 1. The van der Waals surface area contributed by atoms with Crippen LogP contribution in [-0.2, 0) is 0 Å². The minimum atomic E-state index is 0.00285. The summed E-state index contributed by atoms with van der Waals surface area (Å²) >= 11 is 0. The first-order valence-electron chi connectivity index (χ1n) is 8.14. The summed E-state index contributed by atoms with van der Waals surface area (Å²) < 4.78 is 1.83. The van der Waals surface area contributed by atoms with Crippen molar-refractivity contribution in [3.05, 3.63) is 47.8 Å². The molecule has 23 heavy (non-hydrogen) atoms. The van der Waals surface area contributed by atoms with Gasteiger partial charge in [0.05, 0.1) is 5.69 Å². The third-order valence-corrected chi connectivity index (χ3v) is 4.57. The van der Waals surface area contributed by atoms with Gasteiger partial charge in [0.2, 0.25) is 0 Å². The highest BCUT2D eigenvalue weighted by atomic mass is 16.2. The van der Waals surface area contributed by atoms with E-state index in [9.17, 15) is 4.79 Å². The van der Waals surface area contributed by atoms with E-state index in [4.69, 9.17) is 0 Å². The maximum Gasteiger partial charge on any atom is 0.274 e. The quantitative estimate of drug-likeness (QED) is 0.873. The molecule has 1 aromatic heterocycles. The molecule has 0 unspecified atom stereocenters. The summed E-state index contributed by atoms with van der Waals surface area (Å²) in [5.41, 5.74) is 2.46. The Morgan fingerprint density at radius 1 is 1.30 bits per heavy atom. The van der Waals surface area contributed by atoms with Gasteiger partial charge in [-0.15, -0.1) is 0 Å². The van der Waals surface area contributed by atoms with Crippen LogP contribution in [0.15, 0.2) is 36.4 Å². The number of likely N-dealkylation sites (N-methyl/N-ethyl adjacent to an activating group) is 2. The third kappa shape index (κ3) is 3.29. The van der Waals surface area contributed by atoms with Crippen molar-refractivity contribution in [3.8, 4) is 5.69 Å². The largest absolute Gasteiger partial charge is 0.336 e. The Kier molecular flexibility index (Phi) is 4.48. The molecule has 2 heterocycles. The summed E-state index contributed by atoms with van der Waals surface area (Å²) in [6, 6.07) is 12.1. The Morgan fingerprint density at radius 2 is 2.04 bits per heavy atom. The van der Waals surface area contributed by atoms with Gasteiger partial charge in [-0.2, -0.15) is 5.10 Å². The Morgan fingerprint density at radius 3 is 2.74 bits per heavy atom. The molecule has 5 nitrogen and oxygen atoms in total. The molecule has 0 saturated carbocycles. The molecule has 1 fully saturated rings. The van der Waals surface area contributed by atoms with Crippen LogP contribution in [-0.4, -0.2) is 58.7 Å². The lowest BCUT2D eigenvalue weighted by molar-refractivity contribution is 0.0638. The SMILES string of the molecule is Cc1cc(C(=O)N(C)[C@H]2CCCN(C)C2)nn1-c1ccccc1. The lowest BCUT2D eigenvalue weighted by Gasteiger charge is -2.35. The number of amides is 1. The molecule has 2 aromatic rings. The van der Waals surface area contributed by atoms with Crippen molar-refractivity contribution in [3.63, 3.8) is 0 Å². The molecule has 1 aliphatic heterocycles. The van der Waals surface area contributed by atoms with Crippen LogP contribution in [0.5, 0.6) is 0 Å². The monoisotopic (exact) mass is 312 g/mol. The first-order chi connectivity index (χ1) is 11.1. The Hall–Kier alpha value is -2.14. The van der Waals surface area contributed by atoms with E-state index in [1.54, 1.807) is 0 Å². The topological polar surface area (TPSA) is 41.4 Å². The Bertz CT molecular complexity index is 680. The molecule has 1 aliphatic rings. The second kappa shape index (κ2) is 6.54. The van der Waals surface area contributed by atoms with Crippen LogP contribution in [0.3, 0.4) is 0 Å². The number of carbonyl (C=O) groups is 1. The first-order valence-corrected chi connectivity index (χ1v) is 8.14. The summed E-state index contributed by atoms with van der Waals surface area (Å²) in [7, 11) is 4.00. The molecule has 5 heteroatoms. The number of carbonyl (C=O) groups excluding carboxylic acids is 1. The van der Waals surface area contributed by atoms with E-state index in [1.165, 1.54) is 0 Å². The number of hydrogen-bond donors (Lipinski definition) is 0. The summed E-state index contributed by atoms with van der Waals surface area (Å²) in [6.07, 6.45) is 2.20. The molecule has 3 rings (SSSR count). The smallest absolute Gasteiger partial charge is 0.274 e. The molecule has 1 atom stereocenters. The van der Waals surface area contributed by atoms with Crippen LogP contribution < -0.4 is 0 Å². The molecular formula is C18H24N4O. The Labute approximate surface area is 137 Å². The molecule has 122 valence electrons. The summed E-state index contributed by atoms with van der Waals surface area (Å²) in [5.74, 6) is 0.00285. The molecular weight excluding hydrogens is 288 g/mol. The zero-order valence-corrected chi connectivity index (χ0v) is 14.1. The van der Waals surface area contributed by atoms with Crippen molar-refractivity contribution in [2.24, 2.45) is 0 Å². The summed E-state index contributed by atoms with van der Waals surface area (Å²) in [5, 5.41) is 4.53. The van der Waals surface area contributed by atoms with Crippen LogP contribution in [0.2, 0.25) is 0 Å². The van der Waals surface area contributed by atoms with Crippen molar-refractivity contribution < 1.29 is 4.79 Å². The van der Waals surface area contributed by atoms with E-state index in [0.29, 0.717) is 5.69 Å². The van der Waals surface area contributed by atoms with E-state index < -0.39 is 0 Å². The fourth-order valence-electron chi connectivity index (χ4n) is 3.21. The van der Waals surface area contributed by atoms with Gasteiger partial charge in [0.15, 0.2) is 5.69 Å². The van der Waals surface area contributed by atoms with E-state index in [0.717, 1.165) is 37.3 Å². The standard InChI is InChI=1S/C18H24N4O/c1-14-12-17(19-22(14)15-8-5-4-6-9-15)18(23)21(3)16-10-7-11-20(2)13-16/h4-6,8-9,12,16H,7,10-11,13H2,1-3H3/t16-/m0/s1. The van der Waals surface area contributed by atoms with Gasteiger partial charge in [-0.05, 0) is 51.6 Å². The van der Waals surface area contributed by atoms with Crippen molar-refractivity contribution in [1.82, 2.24) is 19.6 Å². The van der Waals surface area contributed by atoms with Crippen molar-refractivity contribution in [2.45, 2.75) is 25.8 Å². The van der Waals surface area contributed by atoms with E-state index in [2.05, 4.69) is 17.0 Å². The maximum atomic E-state index is 12.8. The number of benzene rings is 1. The predicted octanol–water partition coefficient (Wildman–Crippen LogP) is 2.35. The van der Waals surface area contributed by atoms with Gasteiger partial charge in [-0.25, -0.2) is 4.68 Å². The normalized spacial score (nSPS) is 18.8. The predicted molar refractivity (Wildman–Crippen MR) is 90.9 cm³/mol. The number of hydrogen-bond acceptors (Lipinski definition) is 3. The molecule has 0 spiro atoms. The van der Waals surface area contributed by atoms with Gasteiger partial charge in [-0.3, -0.25) is 4.79 Å².